The molecule has 2 aromatic rings. The third-order valence-electron chi connectivity index (χ3n) is 3.63. The van der Waals surface area contributed by atoms with Crippen LogP contribution in [0.2, 0.25) is 0 Å². The van der Waals surface area contributed by atoms with Gasteiger partial charge in [0.25, 0.3) is 0 Å². The van der Waals surface area contributed by atoms with E-state index in [-0.39, 0.29) is 5.52 Å². The van der Waals surface area contributed by atoms with Gasteiger partial charge >= 0.3 is 13.3 Å². The normalized spacial score (nSPS) is 11.6. The highest BCUT2D eigenvalue weighted by Gasteiger charge is 2.34. The zero-order valence-corrected chi connectivity index (χ0v) is 14.5. The topological polar surface area (TPSA) is 34.1 Å². The predicted molar refractivity (Wildman–Crippen MR) is 92.5 cm³/mol. The number of carbonyl (C=O) groups is 1. The molecule has 22 heavy (non-hydrogen) atoms. The van der Waals surface area contributed by atoms with Crippen molar-refractivity contribution in [1.29, 1.82) is 0 Å². The van der Waals surface area contributed by atoms with Crippen LogP contribution in [0.4, 0.5) is 0 Å². The lowest BCUT2D eigenvalue weighted by Crippen LogP contribution is -2.08. The highest BCUT2D eigenvalue weighted by Crippen LogP contribution is 2.30. The molecule has 2 nitrogen and oxygen atoms in total. The van der Waals surface area contributed by atoms with E-state index in [0.717, 1.165) is 17.5 Å². The highest BCUT2D eigenvalue weighted by atomic mass is 31.1. The van der Waals surface area contributed by atoms with Crippen LogP contribution in [-0.2, 0) is 11.0 Å². The minimum atomic E-state index is -2.06. The van der Waals surface area contributed by atoms with Gasteiger partial charge in [0.05, 0.1) is 5.56 Å². The first kappa shape index (κ1) is 16.6. The summed E-state index contributed by atoms with van der Waals surface area (Å²) < 4.78 is 12.5. The van der Waals surface area contributed by atoms with Gasteiger partial charge in [-0.15, -0.1) is 0 Å². The quantitative estimate of drug-likeness (QED) is 0.743. The molecule has 0 aromatic heterocycles. The predicted octanol–water partition coefficient (Wildman–Crippen LogP) is 4.80. The minimum absolute atomic E-state index is 0.271. The molecule has 0 amide bonds. The molecule has 0 spiro atoms. The summed E-state index contributed by atoms with van der Waals surface area (Å²) in [6.45, 7) is 8.21. The second kappa shape index (κ2) is 6.98. The van der Waals surface area contributed by atoms with E-state index in [4.69, 9.17) is 0 Å². The number of hydrogen-bond acceptors (Lipinski definition) is 2. The van der Waals surface area contributed by atoms with E-state index in [9.17, 15) is 9.36 Å². The van der Waals surface area contributed by atoms with Crippen molar-refractivity contribution in [3.63, 3.8) is 0 Å². The molecule has 2 aromatic carbocycles. The lowest BCUT2D eigenvalue weighted by atomic mass is 9.95. The van der Waals surface area contributed by atoms with Crippen LogP contribution in [0.5, 0.6) is 0 Å². The number of benzene rings is 2. The van der Waals surface area contributed by atoms with Crippen molar-refractivity contribution in [3.05, 3.63) is 64.7 Å². The summed E-state index contributed by atoms with van der Waals surface area (Å²) in [6, 6.07) is 13.1. The van der Waals surface area contributed by atoms with Crippen LogP contribution < -0.4 is 5.30 Å². The maximum atomic E-state index is 12.6. The smallest absolute Gasteiger partial charge is 0.234 e. The van der Waals surface area contributed by atoms with Crippen LogP contribution in [0.1, 0.15) is 40.9 Å². The van der Waals surface area contributed by atoms with E-state index in [0.29, 0.717) is 16.8 Å². The average Bonchev–Trinajstić information content (AvgIpc) is 2.45. The summed E-state index contributed by atoms with van der Waals surface area (Å²) in [7, 11) is -2.06. The summed E-state index contributed by atoms with van der Waals surface area (Å²) >= 11 is 0. The van der Waals surface area contributed by atoms with Crippen molar-refractivity contribution in [2.24, 2.45) is 5.92 Å². The molecule has 0 fully saturated rings. The number of hydrogen-bond donors (Lipinski definition) is 0. The number of carbonyl (C=O) groups excluding carboxylic acids is 1. The second-order valence-electron chi connectivity index (χ2n) is 6.14. The van der Waals surface area contributed by atoms with E-state index >= 15 is 0 Å². The highest BCUT2D eigenvalue weighted by molar-refractivity contribution is 7.71. The van der Waals surface area contributed by atoms with Gasteiger partial charge in [-0.2, -0.15) is 0 Å². The van der Waals surface area contributed by atoms with Gasteiger partial charge in [0.1, 0.15) is 0 Å². The number of aryl methyl sites for hydroxylation is 2. The molecule has 0 aliphatic carbocycles. The van der Waals surface area contributed by atoms with E-state index in [1.165, 1.54) is 5.56 Å². The van der Waals surface area contributed by atoms with E-state index in [2.05, 4.69) is 26.0 Å². The molecule has 3 heteroatoms. The molecule has 0 saturated carbocycles. The summed E-state index contributed by atoms with van der Waals surface area (Å²) in [6.07, 6.45) is 0.987. The van der Waals surface area contributed by atoms with E-state index < -0.39 is 7.80 Å². The van der Waals surface area contributed by atoms with E-state index in [1.54, 1.807) is 24.3 Å². The largest absolute Gasteiger partial charge is 0.458 e. The molecular weight excluding hydrogens is 291 g/mol. The lowest BCUT2D eigenvalue weighted by Gasteiger charge is -2.10. The van der Waals surface area contributed by atoms with Gasteiger partial charge in [-0.25, -0.2) is 4.79 Å². The Morgan fingerprint density at radius 3 is 2.09 bits per heavy atom. The van der Waals surface area contributed by atoms with Gasteiger partial charge < -0.3 is 0 Å². The molecule has 0 saturated heterocycles. The molecule has 0 aliphatic heterocycles. The molecule has 1 unspecified atom stereocenters. The third kappa shape index (κ3) is 3.69. The minimum Gasteiger partial charge on any atom is -0.234 e. The SMILES string of the molecule is Cc1cc(CC(C)C)cc(C)c1C(=O)[P+](=O)c1ccccc1. The Morgan fingerprint density at radius 1 is 1.05 bits per heavy atom. The van der Waals surface area contributed by atoms with Crippen molar-refractivity contribution in [2.45, 2.75) is 34.1 Å². The lowest BCUT2D eigenvalue weighted by molar-refractivity contribution is 0.107. The molecule has 114 valence electrons. The first-order valence-electron chi connectivity index (χ1n) is 7.57. The Bertz CT molecular complexity index is 680. The zero-order chi connectivity index (χ0) is 16.3. The second-order valence-corrected chi connectivity index (χ2v) is 7.65. The van der Waals surface area contributed by atoms with Crippen LogP contribution in [0.15, 0.2) is 42.5 Å². The van der Waals surface area contributed by atoms with Crippen molar-refractivity contribution in [1.82, 2.24) is 0 Å². The van der Waals surface area contributed by atoms with Crippen molar-refractivity contribution >= 4 is 18.6 Å². The maximum Gasteiger partial charge on any atom is 0.458 e. The Labute approximate surface area is 133 Å². The average molecular weight is 313 g/mol. The van der Waals surface area contributed by atoms with Crippen molar-refractivity contribution in [2.75, 3.05) is 0 Å². The third-order valence-corrected chi connectivity index (χ3v) is 4.99. The maximum absolute atomic E-state index is 12.6. The first-order valence-corrected chi connectivity index (χ1v) is 8.83. The Hall–Kier alpha value is -1.79. The fraction of sp³-hybridized carbons (Fsp3) is 0.316. The van der Waals surface area contributed by atoms with Crippen molar-refractivity contribution in [3.8, 4) is 0 Å². The summed E-state index contributed by atoms with van der Waals surface area (Å²) in [5.41, 5.74) is 3.40. The van der Waals surface area contributed by atoms with Crippen LogP contribution in [-0.4, -0.2) is 5.52 Å². The standard InChI is InChI=1S/C19H22O2P/c1-13(2)10-16-11-14(3)18(15(4)12-16)19(20)22(21)17-8-6-5-7-9-17/h5-9,11-13H,10H2,1-4H3/q+1. The van der Waals surface area contributed by atoms with Gasteiger partial charge in [0.15, 0.2) is 5.30 Å². The molecule has 0 bridgehead atoms. The summed E-state index contributed by atoms with van der Waals surface area (Å²) in [5.74, 6) is 0.571. The molecule has 0 heterocycles. The molecule has 0 aliphatic rings. The van der Waals surface area contributed by atoms with Crippen molar-refractivity contribution < 1.29 is 9.36 Å². The fourth-order valence-corrected chi connectivity index (χ4v) is 4.00. The Morgan fingerprint density at radius 2 is 1.59 bits per heavy atom. The van der Waals surface area contributed by atoms with Crippen LogP contribution in [0.25, 0.3) is 0 Å². The van der Waals surface area contributed by atoms with Gasteiger partial charge in [0, 0.05) is 0 Å². The van der Waals surface area contributed by atoms with Crippen LogP contribution in [0, 0.1) is 19.8 Å². The number of rotatable bonds is 5. The van der Waals surface area contributed by atoms with Crippen LogP contribution in [0.3, 0.4) is 0 Å². The van der Waals surface area contributed by atoms with E-state index in [1.807, 2.05) is 19.9 Å². The fourth-order valence-electron chi connectivity index (χ4n) is 2.76. The van der Waals surface area contributed by atoms with Crippen LogP contribution >= 0.6 is 7.80 Å². The Kier molecular flexibility index (Phi) is 5.26. The Balaban J connectivity index is 2.36. The first-order chi connectivity index (χ1) is 10.4. The van der Waals surface area contributed by atoms with Gasteiger partial charge in [-0.05, 0) is 55.0 Å². The summed E-state index contributed by atoms with van der Waals surface area (Å²) in [5, 5.41) is 0.590. The monoisotopic (exact) mass is 313 g/mol. The van der Waals surface area contributed by atoms with Gasteiger partial charge in [0.2, 0.25) is 0 Å². The molecule has 0 radical (unpaired) electrons. The molecule has 2 rings (SSSR count). The zero-order valence-electron chi connectivity index (χ0n) is 13.6. The van der Waals surface area contributed by atoms with Gasteiger partial charge in [-0.3, -0.25) is 0 Å². The molecule has 1 atom stereocenters. The summed E-state index contributed by atoms with van der Waals surface area (Å²) in [4.78, 5) is 12.6. The van der Waals surface area contributed by atoms with Gasteiger partial charge in [-0.1, -0.05) is 48.7 Å². The molecular formula is C19H22O2P+. The molecule has 0 N–H and O–H groups in total.